The number of aromatic nitrogens is 1. The monoisotopic (exact) mass is 253 g/mol. The molecule has 2 rings (SSSR count). The Bertz CT molecular complexity index is 535. The van der Waals surface area contributed by atoms with Gasteiger partial charge in [-0.1, -0.05) is 12.1 Å². The molecule has 0 fully saturated rings. The van der Waals surface area contributed by atoms with Crippen molar-refractivity contribution >= 4 is 0 Å². The third-order valence-electron chi connectivity index (χ3n) is 2.52. The minimum absolute atomic E-state index is 0.200. The molecule has 0 aliphatic heterocycles. The van der Waals surface area contributed by atoms with Crippen LogP contribution in [0.5, 0.6) is 0 Å². The van der Waals surface area contributed by atoms with Gasteiger partial charge >= 0.3 is 6.18 Å². The third kappa shape index (κ3) is 2.68. The molecule has 0 radical (unpaired) electrons. The number of aliphatic hydroxyl groups is 1. The highest BCUT2D eigenvalue weighted by atomic mass is 19.4. The Morgan fingerprint density at radius 1 is 1.00 bits per heavy atom. The Morgan fingerprint density at radius 3 is 2.22 bits per heavy atom. The Balaban J connectivity index is 2.34. The Kier molecular flexibility index (Phi) is 3.34. The molecule has 0 saturated carbocycles. The van der Waals surface area contributed by atoms with E-state index in [1.165, 1.54) is 18.3 Å². The predicted octanol–water partition coefficient (Wildman–Crippen LogP) is 3.26. The molecule has 0 amide bonds. The van der Waals surface area contributed by atoms with Gasteiger partial charge in [0.2, 0.25) is 0 Å². The van der Waals surface area contributed by atoms with Crippen LogP contribution in [0.3, 0.4) is 0 Å². The van der Waals surface area contributed by atoms with Crippen molar-refractivity contribution in [2.24, 2.45) is 0 Å². The molecule has 0 aliphatic rings. The zero-order chi connectivity index (χ0) is 13.2. The van der Waals surface area contributed by atoms with Crippen LogP contribution in [0.15, 0.2) is 42.6 Å². The first kappa shape index (κ1) is 12.6. The molecule has 0 spiro atoms. The topological polar surface area (TPSA) is 33.1 Å². The maximum absolute atomic E-state index is 12.4. The number of nitrogens with zero attached hydrogens (tertiary/aromatic N) is 1. The lowest BCUT2D eigenvalue weighted by atomic mass is 10.0. The fourth-order valence-electron chi connectivity index (χ4n) is 1.60. The van der Waals surface area contributed by atoms with Crippen molar-refractivity contribution in [1.82, 2.24) is 4.98 Å². The molecule has 2 aromatic rings. The summed E-state index contributed by atoms with van der Waals surface area (Å²) < 4.78 is 37.2. The highest BCUT2D eigenvalue weighted by Crippen LogP contribution is 2.30. The van der Waals surface area contributed by atoms with E-state index >= 15 is 0 Å². The minimum atomic E-state index is -4.33. The highest BCUT2D eigenvalue weighted by molar-refractivity contribution is 5.63. The van der Waals surface area contributed by atoms with Crippen LogP contribution in [-0.4, -0.2) is 10.1 Å². The lowest BCUT2D eigenvalue weighted by Crippen LogP contribution is -2.04. The lowest BCUT2D eigenvalue weighted by molar-refractivity contribution is -0.137. The van der Waals surface area contributed by atoms with Crippen molar-refractivity contribution in [1.29, 1.82) is 0 Å². The SMILES string of the molecule is OCc1cc(-c2ccc(C(F)(F)F)cc2)ccn1. The number of rotatable bonds is 2. The number of benzene rings is 1. The van der Waals surface area contributed by atoms with Crippen molar-refractivity contribution in [3.8, 4) is 11.1 Å². The molecule has 94 valence electrons. The van der Waals surface area contributed by atoms with Gasteiger partial charge in [-0.05, 0) is 35.4 Å². The second-order valence-electron chi connectivity index (χ2n) is 3.77. The average molecular weight is 253 g/mol. The summed E-state index contributed by atoms with van der Waals surface area (Å²) in [5.41, 5.74) is 1.18. The van der Waals surface area contributed by atoms with Gasteiger partial charge in [-0.25, -0.2) is 0 Å². The molecule has 1 aromatic heterocycles. The van der Waals surface area contributed by atoms with Crippen molar-refractivity contribution in [3.05, 3.63) is 53.9 Å². The van der Waals surface area contributed by atoms with E-state index in [2.05, 4.69) is 4.98 Å². The maximum Gasteiger partial charge on any atom is 0.416 e. The van der Waals surface area contributed by atoms with Crippen LogP contribution in [0.4, 0.5) is 13.2 Å². The first-order valence-corrected chi connectivity index (χ1v) is 5.24. The van der Waals surface area contributed by atoms with E-state index in [1.807, 2.05) is 0 Å². The molecule has 0 saturated heterocycles. The smallest absolute Gasteiger partial charge is 0.390 e. The first-order valence-electron chi connectivity index (χ1n) is 5.24. The van der Waals surface area contributed by atoms with Crippen LogP contribution in [0.2, 0.25) is 0 Å². The normalized spacial score (nSPS) is 11.6. The Morgan fingerprint density at radius 2 is 1.67 bits per heavy atom. The summed E-state index contributed by atoms with van der Waals surface area (Å²) in [5, 5.41) is 8.95. The van der Waals surface area contributed by atoms with E-state index in [1.54, 1.807) is 12.1 Å². The van der Waals surface area contributed by atoms with Crippen LogP contribution < -0.4 is 0 Å². The third-order valence-corrected chi connectivity index (χ3v) is 2.52. The summed E-state index contributed by atoms with van der Waals surface area (Å²) >= 11 is 0. The molecule has 1 heterocycles. The van der Waals surface area contributed by atoms with Crippen LogP contribution in [0.25, 0.3) is 11.1 Å². The summed E-state index contributed by atoms with van der Waals surface area (Å²) in [4.78, 5) is 3.91. The van der Waals surface area contributed by atoms with Gasteiger partial charge in [0.05, 0.1) is 17.9 Å². The molecule has 0 aliphatic carbocycles. The van der Waals surface area contributed by atoms with E-state index in [0.29, 0.717) is 11.3 Å². The van der Waals surface area contributed by atoms with E-state index in [-0.39, 0.29) is 6.61 Å². The summed E-state index contributed by atoms with van der Waals surface area (Å²) in [6.45, 7) is -0.200. The molecular weight excluding hydrogens is 243 g/mol. The second-order valence-corrected chi connectivity index (χ2v) is 3.77. The number of aliphatic hydroxyl groups excluding tert-OH is 1. The van der Waals surface area contributed by atoms with Gasteiger partial charge in [0.1, 0.15) is 0 Å². The number of pyridine rings is 1. The fraction of sp³-hybridized carbons (Fsp3) is 0.154. The van der Waals surface area contributed by atoms with Crippen molar-refractivity contribution < 1.29 is 18.3 Å². The Hall–Kier alpha value is -1.88. The first-order chi connectivity index (χ1) is 8.50. The molecule has 0 atom stereocenters. The molecule has 18 heavy (non-hydrogen) atoms. The van der Waals surface area contributed by atoms with Gasteiger partial charge in [-0.15, -0.1) is 0 Å². The fourth-order valence-corrected chi connectivity index (χ4v) is 1.60. The van der Waals surface area contributed by atoms with E-state index in [9.17, 15) is 13.2 Å². The molecular formula is C13H10F3NO. The van der Waals surface area contributed by atoms with Crippen LogP contribution in [0, 0.1) is 0 Å². The lowest BCUT2D eigenvalue weighted by Gasteiger charge is -2.08. The van der Waals surface area contributed by atoms with Gasteiger partial charge in [-0.3, -0.25) is 4.98 Å². The van der Waals surface area contributed by atoms with Crippen molar-refractivity contribution in [2.45, 2.75) is 12.8 Å². The van der Waals surface area contributed by atoms with Gasteiger partial charge in [0.25, 0.3) is 0 Å². The summed E-state index contributed by atoms with van der Waals surface area (Å²) in [6.07, 6.45) is -2.81. The van der Waals surface area contributed by atoms with Gasteiger partial charge in [0, 0.05) is 6.20 Å². The molecule has 2 nitrogen and oxygen atoms in total. The van der Waals surface area contributed by atoms with Crippen LogP contribution in [0.1, 0.15) is 11.3 Å². The molecule has 5 heteroatoms. The van der Waals surface area contributed by atoms with Gasteiger partial charge < -0.3 is 5.11 Å². The van der Waals surface area contributed by atoms with Gasteiger partial charge in [-0.2, -0.15) is 13.2 Å². The van der Waals surface area contributed by atoms with Crippen molar-refractivity contribution in [3.63, 3.8) is 0 Å². The molecule has 0 unspecified atom stereocenters. The minimum Gasteiger partial charge on any atom is -0.390 e. The zero-order valence-electron chi connectivity index (χ0n) is 9.28. The molecule has 1 aromatic carbocycles. The molecule has 1 N–H and O–H groups in total. The van der Waals surface area contributed by atoms with E-state index < -0.39 is 11.7 Å². The molecule has 0 bridgehead atoms. The summed E-state index contributed by atoms with van der Waals surface area (Å²) in [6, 6.07) is 8.20. The summed E-state index contributed by atoms with van der Waals surface area (Å²) in [5.74, 6) is 0. The number of halogens is 3. The van der Waals surface area contributed by atoms with Crippen LogP contribution >= 0.6 is 0 Å². The van der Waals surface area contributed by atoms with Gasteiger partial charge in [0.15, 0.2) is 0 Å². The summed E-state index contributed by atoms with van der Waals surface area (Å²) in [7, 11) is 0. The number of alkyl halides is 3. The Labute approximate surface area is 102 Å². The number of hydrogen-bond donors (Lipinski definition) is 1. The van der Waals surface area contributed by atoms with Crippen molar-refractivity contribution in [2.75, 3.05) is 0 Å². The van der Waals surface area contributed by atoms with E-state index in [4.69, 9.17) is 5.11 Å². The quantitative estimate of drug-likeness (QED) is 0.891. The highest BCUT2D eigenvalue weighted by Gasteiger charge is 2.29. The zero-order valence-corrected chi connectivity index (χ0v) is 9.28. The standard InChI is InChI=1S/C13H10F3NO/c14-13(15,16)11-3-1-9(2-4-11)10-5-6-17-12(7-10)8-18/h1-7,18H,8H2. The maximum atomic E-state index is 12.4. The van der Waals surface area contributed by atoms with Crippen LogP contribution in [-0.2, 0) is 12.8 Å². The van der Waals surface area contributed by atoms with E-state index in [0.717, 1.165) is 17.7 Å². The largest absolute Gasteiger partial charge is 0.416 e. The number of hydrogen-bond acceptors (Lipinski definition) is 2. The predicted molar refractivity (Wildman–Crippen MR) is 60.6 cm³/mol. The second kappa shape index (κ2) is 4.78. The average Bonchev–Trinajstić information content (AvgIpc) is 2.38.